The van der Waals surface area contributed by atoms with Gasteiger partial charge in [0.1, 0.15) is 0 Å². The molecule has 0 aromatic rings. The number of nitrogens with one attached hydrogen (secondary N) is 1. The fourth-order valence-corrected chi connectivity index (χ4v) is 2.57. The van der Waals surface area contributed by atoms with Crippen molar-refractivity contribution < 1.29 is 5.11 Å². The molecule has 2 heteroatoms. The second-order valence-corrected chi connectivity index (χ2v) is 5.77. The van der Waals surface area contributed by atoms with Crippen LogP contribution in [0, 0.1) is 17.3 Å². The monoisotopic (exact) mass is 199 g/mol. The lowest BCUT2D eigenvalue weighted by molar-refractivity contribution is -0.136. The molecular weight excluding hydrogens is 174 g/mol. The molecule has 0 amide bonds. The van der Waals surface area contributed by atoms with Gasteiger partial charge in [-0.1, -0.05) is 34.6 Å². The Bertz CT molecular complexity index is 200. The smallest absolute Gasteiger partial charge is 0.0750 e. The Balaban J connectivity index is 2.88. The van der Waals surface area contributed by atoms with E-state index in [0.717, 1.165) is 19.5 Å². The summed E-state index contributed by atoms with van der Waals surface area (Å²) >= 11 is 0. The second kappa shape index (κ2) is 3.82. The summed E-state index contributed by atoms with van der Waals surface area (Å²) < 4.78 is 0. The lowest BCUT2D eigenvalue weighted by atomic mass is 9.62. The minimum Gasteiger partial charge on any atom is -0.389 e. The molecule has 0 aliphatic carbocycles. The largest absolute Gasteiger partial charge is 0.389 e. The number of hydrogen-bond acceptors (Lipinski definition) is 2. The van der Waals surface area contributed by atoms with Gasteiger partial charge in [-0.05, 0) is 24.8 Å². The third kappa shape index (κ3) is 1.82. The first-order valence-electron chi connectivity index (χ1n) is 5.74. The lowest BCUT2D eigenvalue weighted by Crippen LogP contribution is -2.60. The van der Waals surface area contributed by atoms with Crippen LogP contribution in [0.25, 0.3) is 0 Å². The van der Waals surface area contributed by atoms with Gasteiger partial charge in [-0.25, -0.2) is 0 Å². The van der Waals surface area contributed by atoms with Crippen LogP contribution in [0.4, 0.5) is 0 Å². The van der Waals surface area contributed by atoms with Gasteiger partial charge in [0.15, 0.2) is 0 Å². The molecule has 2 nitrogen and oxygen atoms in total. The third-order valence-corrected chi connectivity index (χ3v) is 4.18. The van der Waals surface area contributed by atoms with Crippen LogP contribution in [0.3, 0.4) is 0 Å². The summed E-state index contributed by atoms with van der Waals surface area (Å²) in [5, 5.41) is 14.2. The van der Waals surface area contributed by atoms with E-state index >= 15 is 0 Å². The molecular formula is C12H25NO. The predicted molar refractivity (Wildman–Crippen MR) is 60.2 cm³/mol. The maximum Gasteiger partial charge on any atom is 0.0750 e. The molecule has 1 heterocycles. The molecule has 1 rings (SSSR count). The van der Waals surface area contributed by atoms with Crippen molar-refractivity contribution in [1.29, 1.82) is 0 Å². The van der Waals surface area contributed by atoms with E-state index in [2.05, 4.69) is 39.9 Å². The quantitative estimate of drug-likeness (QED) is 0.713. The van der Waals surface area contributed by atoms with E-state index in [0.29, 0.717) is 11.8 Å². The van der Waals surface area contributed by atoms with E-state index < -0.39 is 5.60 Å². The molecule has 0 saturated carbocycles. The number of hydrogen-bond donors (Lipinski definition) is 2. The van der Waals surface area contributed by atoms with Crippen LogP contribution < -0.4 is 5.32 Å². The summed E-state index contributed by atoms with van der Waals surface area (Å²) in [5.41, 5.74) is -0.526. The molecule has 1 saturated heterocycles. The van der Waals surface area contributed by atoms with Crippen molar-refractivity contribution in [1.82, 2.24) is 5.32 Å². The minimum atomic E-state index is -0.508. The molecule has 0 aromatic carbocycles. The van der Waals surface area contributed by atoms with Crippen LogP contribution in [0.15, 0.2) is 0 Å². The highest BCUT2D eigenvalue weighted by Gasteiger charge is 2.49. The highest BCUT2D eigenvalue weighted by atomic mass is 16.3. The van der Waals surface area contributed by atoms with E-state index in [-0.39, 0.29) is 5.41 Å². The molecule has 2 atom stereocenters. The first-order chi connectivity index (χ1) is 6.31. The Morgan fingerprint density at radius 2 is 1.79 bits per heavy atom. The minimum absolute atomic E-state index is 0.0189. The van der Waals surface area contributed by atoms with Crippen molar-refractivity contribution in [3.8, 4) is 0 Å². The Kier molecular flexibility index (Phi) is 3.27. The van der Waals surface area contributed by atoms with Crippen molar-refractivity contribution in [2.45, 2.75) is 46.6 Å². The van der Waals surface area contributed by atoms with Gasteiger partial charge in [-0.15, -0.1) is 0 Å². The zero-order valence-electron chi connectivity index (χ0n) is 10.2. The molecule has 0 aromatic heterocycles. The standard InChI is InChI=1S/C12H25NO/c1-9(2)10(3)12(14)6-7-13-8-11(12,4)5/h9-10,13-14H,6-8H2,1-5H3. The summed E-state index contributed by atoms with van der Waals surface area (Å²) in [6.45, 7) is 12.8. The van der Waals surface area contributed by atoms with E-state index in [9.17, 15) is 5.11 Å². The fraction of sp³-hybridized carbons (Fsp3) is 1.00. The van der Waals surface area contributed by atoms with Crippen molar-refractivity contribution >= 4 is 0 Å². The van der Waals surface area contributed by atoms with Crippen LogP contribution in [-0.4, -0.2) is 23.8 Å². The summed E-state index contributed by atoms with van der Waals surface area (Å²) in [6, 6.07) is 0. The van der Waals surface area contributed by atoms with Crippen molar-refractivity contribution in [2.24, 2.45) is 17.3 Å². The molecule has 14 heavy (non-hydrogen) atoms. The van der Waals surface area contributed by atoms with Gasteiger partial charge in [0.05, 0.1) is 5.60 Å². The fourth-order valence-electron chi connectivity index (χ4n) is 2.57. The van der Waals surface area contributed by atoms with E-state index in [1.807, 2.05) is 0 Å². The molecule has 1 fully saturated rings. The normalized spacial score (nSPS) is 34.5. The maximum atomic E-state index is 10.8. The van der Waals surface area contributed by atoms with Crippen LogP contribution >= 0.6 is 0 Å². The van der Waals surface area contributed by atoms with E-state index in [4.69, 9.17) is 0 Å². The van der Waals surface area contributed by atoms with Crippen LogP contribution in [0.5, 0.6) is 0 Å². The van der Waals surface area contributed by atoms with Gasteiger partial charge in [0.25, 0.3) is 0 Å². The van der Waals surface area contributed by atoms with Gasteiger partial charge in [-0.2, -0.15) is 0 Å². The average Bonchev–Trinajstić information content (AvgIpc) is 2.08. The Hall–Kier alpha value is -0.0800. The molecule has 1 aliphatic rings. The number of piperidine rings is 1. The average molecular weight is 199 g/mol. The SMILES string of the molecule is CC(C)C(C)C1(O)CCNCC1(C)C. The molecule has 2 unspecified atom stereocenters. The van der Waals surface area contributed by atoms with Crippen molar-refractivity contribution in [2.75, 3.05) is 13.1 Å². The van der Waals surface area contributed by atoms with E-state index in [1.54, 1.807) is 0 Å². The molecule has 84 valence electrons. The number of aliphatic hydroxyl groups is 1. The maximum absolute atomic E-state index is 10.8. The Labute approximate surface area is 88.1 Å². The topological polar surface area (TPSA) is 32.3 Å². The highest BCUT2D eigenvalue weighted by Crippen LogP contribution is 2.43. The molecule has 2 N–H and O–H groups in total. The zero-order valence-corrected chi connectivity index (χ0v) is 10.2. The summed E-state index contributed by atoms with van der Waals surface area (Å²) in [5.74, 6) is 0.900. The molecule has 1 aliphatic heterocycles. The van der Waals surface area contributed by atoms with Gasteiger partial charge >= 0.3 is 0 Å². The van der Waals surface area contributed by atoms with Gasteiger partial charge < -0.3 is 10.4 Å². The highest BCUT2D eigenvalue weighted by molar-refractivity contribution is 5.01. The zero-order chi connectivity index (χ0) is 11.0. The van der Waals surface area contributed by atoms with E-state index in [1.165, 1.54) is 0 Å². The molecule has 0 radical (unpaired) electrons. The third-order valence-electron chi connectivity index (χ3n) is 4.18. The summed E-state index contributed by atoms with van der Waals surface area (Å²) in [6.07, 6.45) is 0.874. The van der Waals surface area contributed by atoms with Crippen LogP contribution in [-0.2, 0) is 0 Å². The Morgan fingerprint density at radius 3 is 2.21 bits per heavy atom. The van der Waals surface area contributed by atoms with Gasteiger partial charge in [0.2, 0.25) is 0 Å². The number of rotatable bonds is 2. The lowest BCUT2D eigenvalue weighted by Gasteiger charge is -2.51. The predicted octanol–water partition coefficient (Wildman–Crippen LogP) is 2.03. The van der Waals surface area contributed by atoms with Crippen molar-refractivity contribution in [3.05, 3.63) is 0 Å². The summed E-state index contributed by atoms with van der Waals surface area (Å²) in [7, 11) is 0. The molecule has 0 bridgehead atoms. The van der Waals surface area contributed by atoms with Crippen LogP contribution in [0.1, 0.15) is 41.0 Å². The Morgan fingerprint density at radius 1 is 1.21 bits per heavy atom. The van der Waals surface area contributed by atoms with Gasteiger partial charge in [0, 0.05) is 12.0 Å². The first kappa shape index (κ1) is 12.0. The van der Waals surface area contributed by atoms with Gasteiger partial charge in [-0.3, -0.25) is 0 Å². The van der Waals surface area contributed by atoms with Crippen LogP contribution in [0.2, 0.25) is 0 Å². The van der Waals surface area contributed by atoms with Crippen molar-refractivity contribution in [3.63, 3.8) is 0 Å². The second-order valence-electron chi connectivity index (χ2n) is 5.77. The first-order valence-corrected chi connectivity index (χ1v) is 5.74. The summed E-state index contributed by atoms with van der Waals surface area (Å²) in [4.78, 5) is 0. The molecule has 0 spiro atoms.